The first-order valence-corrected chi connectivity index (χ1v) is 12.0. The summed E-state index contributed by atoms with van der Waals surface area (Å²) in [6.45, 7) is 2.66. The van der Waals surface area contributed by atoms with Gasteiger partial charge in [0.05, 0.1) is 22.9 Å². The molecule has 1 amide bonds. The number of nitrogens with two attached hydrogens (primary N) is 1. The van der Waals surface area contributed by atoms with Crippen LogP contribution in [0.1, 0.15) is 47.3 Å². The minimum atomic E-state index is -4.96. The van der Waals surface area contributed by atoms with Crippen LogP contribution in [0.2, 0.25) is 0 Å². The number of aromatic nitrogens is 1. The van der Waals surface area contributed by atoms with Gasteiger partial charge >= 0.3 is 12.4 Å². The molecule has 5 rings (SSSR count). The largest absolute Gasteiger partial charge is 0.419 e. The third kappa shape index (κ3) is 4.05. The number of hydrogen-bond donors (Lipinski definition) is 1. The molecule has 3 aliphatic rings. The number of nitrogens with zero attached hydrogens (tertiary/aromatic N) is 3. The lowest BCUT2D eigenvalue weighted by Gasteiger charge is -2.36. The van der Waals surface area contributed by atoms with Gasteiger partial charge in [0.1, 0.15) is 11.4 Å². The first kappa shape index (κ1) is 26.5. The number of alkyl halides is 6. The second-order valence-corrected chi connectivity index (χ2v) is 10.5. The van der Waals surface area contributed by atoms with Crippen molar-refractivity contribution in [2.24, 2.45) is 17.6 Å². The number of piperidine rings is 1. The number of carbonyl (C=O) groups excluding carboxylic acids is 1. The molecule has 0 radical (unpaired) electrons. The quantitative estimate of drug-likeness (QED) is 0.550. The van der Waals surface area contributed by atoms with Crippen molar-refractivity contribution >= 4 is 11.6 Å². The minimum absolute atomic E-state index is 0.00409. The summed E-state index contributed by atoms with van der Waals surface area (Å²) >= 11 is 0. The monoisotopic (exact) mass is 546 g/mol. The lowest BCUT2D eigenvalue weighted by molar-refractivity contribution is -0.180. The molecule has 38 heavy (non-hydrogen) atoms. The zero-order chi connectivity index (χ0) is 27.9. The number of primary amides is 1. The van der Waals surface area contributed by atoms with Gasteiger partial charge in [-0.2, -0.15) is 26.3 Å². The molecule has 6 nitrogen and oxygen atoms in total. The molecule has 2 heterocycles. The predicted molar refractivity (Wildman–Crippen MR) is 123 cm³/mol. The maximum absolute atomic E-state index is 15.2. The van der Waals surface area contributed by atoms with Crippen molar-refractivity contribution in [3.8, 4) is 0 Å². The van der Waals surface area contributed by atoms with E-state index in [0.717, 1.165) is 18.3 Å². The van der Waals surface area contributed by atoms with Crippen molar-refractivity contribution < 1.29 is 35.5 Å². The van der Waals surface area contributed by atoms with Gasteiger partial charge in [-0.15, -0.1) is 0 Å². The fourth-order valence-electron chi connectivity index (χ4n) is 6.03. The standard InChI is InChI=1S/C25H25F7N4O2/c1-12(13-4-3-5-17(20(13)26)24(27,28)29)36(21-14-9-34(2)10-15(14)21)18-8-19(37)35(11-16(18)22(33)38)23(6-7-23)25(30,31)32/h3-5,8,11-12,14-15,21H,6-7,9-10H2,1-2H3,(H2,33,38)/t12-,14?,15?,21?/m1/s1. The van der Waals surface area contributed by atoms with Gasteiger partial charge in [0.25, 0.3) is 11.5 Å². The van der Waals surface area contributed by atoms with E-state index >= 15 is 4.39 Å². The lowest BCUT2D eigenvalue weighted by Crippen LogP contribution is -2.43. The van der Waals surface area contributed by atoms with Crippen LogP contribution in [0.25, 0.3) is 0 Å². The van der Waals surface area contributed by atoms with E-state index in [1.165, 1.54) is 17.9 Å². The summed E-state index contributed by atoms with van der Waals surface area (Å²) in [6, 6.07) is 2.22. The number of fused-ring (bicyclic) bond motifs is 1. The highest BCUT2D eigenvalue weighted by molar-refractivity contribution is 5.98. The van der Waals surface area contributed by atoms with E-state index in [-0.39, 0.29) is 42.0 Å². The Hall–Kier alpha value is -3.09. The molecular weight excluding hydrogens is 521 g/mol. The van der Waals surface area contributed by atoms with Crippen LogP contribution < -0.4 is 16.2 Å². The Kier molecular flexibility index (Phi) is 5.90. The van der Waals surface area contributed by atoms with Crippen LogP contribution in [-0.2, 0) is 11.7 Å². The molecule has 3 fully saturated rings. The lowest BCUT2D eigenvalue weighted by atomic mass is 10.00. The average molecular weight is 546 g/mol. The highest BCUT2D eigenvalue weighted by Gasteiger charge is 2.65. The summed E-state index contributed by atoms with van der Waals surface area (Å²) in [5, 5.41) is 0. The van der Waals surface area contributed by atoms with Crippen LogP contribution in [0, 0.1) is 17.7 Å². The van der Waals surface area contributed by atoms with Crippen molar-refractivity contribution in [2.75, 3.05) is 25.0 Å². The molecule has 0 bridgehead atoms. The molecule has 0 spiro atoms. The third-order valence-electron chi connectivity index (χ3n) is 8.14. The molecule has 3 atom stereocenters. The third-order valence-corrected chi connectivity index (χ3v) is 8.14. The van der Waals surface area contributed by atoms with Gasteiger partial charge in [0.2, 0.25) is 0 Å². The van der Waals surface area contributed by atoms with E-state index in [1.54, 1.807) is 0 Å². The van der Waals surface area contributed by atoms with Gasteiger partial charge < -0.3 is 15.5 Å². The van der Waals surface area contributed by atoms with E-state index in [9.17, 15) is 35.9 Å². The normalized spacial score (nSPS) is 25.1. The average Bonchev–Trinajstić information content (AvgIpc) is 3.69. The molecule has 1 aromatic carbocycles. The smallest absolute Gasteiger partial charge is 0.365 e. The van der Waals surface area contributed by atoms with Crippen molar-refractivity contribution in [3.05, 3.63) is 63.3 Å². The van der Waals surface area contributed by atoms with Gasteiger partial charge in [-0.3, -0.25) is 14.2 Å². The van der Waals surface area contributed by atoms with Crippen LogP contribution in [0.4, 0.5) is 36.4 Å². The second-order valence-electron chi connectivity index (χ2n) is 10.5. The second kappa shape index (κ2) is 8.45. The van der Waals surface area contributed by atoms with E-state index in [4.69, 9.17) is 5.73 Å². The number of carbonyl (C=O) groups is 1. The summed E-state index contributed by atoms with van der Waals surface area (Å²) in [4.78, 5) is 29.1. The van der Waals surface area contributed by atoms with Gasteiger partial charge in [-0.1, -0.05) is 12.1 Å². The van der Waals surface area contributed by atoms with E-state index < -0.39 is 52.3 Å². The molecule has 2 aliphatic carbocycles. The maximum atomic E-state index is 15.2. The highest BCUT2D eigenvalue weighted by Crippen LogP contribution is 2.56. The Bertz CT molecular complexity index is 1340. The van der Waals surface area contributed by atoms with Gasteiger partial charge in [-0.05, 0) is 44.7 Å². The number of anilines is 1. The molecule has 13 heteroatoms. The van der Waals surface area contributed by atoms with Crippen molar-refractivity contribution in [2.45, 2.75) is 49.7 Å². The predicted octanol–water partition coefficient (Wildman–Crippen LogP) is 4.28. The number of benzene rings is 1. The Morgan fingerprint density at radius 2 is 1.74 bits per heavy atom. The van der Waals surface area contributed by atoms with Gasteiger partial charge in [-0.25, -0.2) is 4.39 Å². The summed E-state index contributed by atoms with van der Waals surface area (Å²) in [5.41, 5.74) is -0.236. The number of halogens is 7. The maximum Gasteiger partial charge on any atom is 0.419 e. The number of hydrogen-bond acceptors (Lipinski definition) is 4. The SMILES string of the molecule is C[C@H](c1cccc(C(F)(F)F)c1F)N(c1cc(=O)n(C2(C(F)(F)F)CC2)cc1C(N)=O)C1C2CN(C)CC21. The molecule has 2 saturated carbocycles. The zero-order valence-electron chi connectivity index (χ0n) is 20.4. The van der Waals surface area contributed by atoms with E-state index in [2.05, 4.69) is 0 Å². The van der Waals surface area contributed by atoms with E-state index in [0.29, 0.717) is 23.7 Å². The Labute approximate surface area is 212 Å². The molecule has 1 aromatic heterocycles. The molecular formula is C25H25F7N4O2. The molecule has 2 N–H and O–H groups in total. The zero-order valence-corrected chi connectivity index (χ0v) is 20.4. The van der Waals surface area contributed by atoms with Crippen molar-refractivity contribution in [1.29, 1.82) is 0 Å². The van der Waals surface area contributed by atoms with Crippen LogP contribution in [0.3, 0.4) is 0 Å². The first-order chi connectivity index (χ1) is 17.6. The van der Waals surface area contributed by atoms with Crippen LogP contribution in [0.15, 0.2) is 35.3 Å². The molecule has 2 aromatic rings. The van der Waals surface area contributed by atoms with Gasteiger partial charge in [0.15, 0.2) is 0 Å². The minimum Gasteiger partial charge on any atom is -0.365 e. The molecule has 2 unspecified atom stereocenters. The fraction of sp³-hybridized carbons (Fsp3) is 0.520. The Morgan fingerprint density at radius 1 is 1.13 bits per heavy atom. The summed E-state index contributed by atoms with van der Waals surface area (Å²) in [7, 11) is 1.88. The van der Waals surface area contributed by atoms with Crippen LogP contribution in [0.5, 0.6) is 0 Å². The highest BCUT2D eigenvalue weighted by atomic mass is 19.4. The molecule has 206 valence electrons. The molecule has 1 aliphatic heterocycles. The number of pyridine rings is 1. The molecule has 1 saturated heterocycles. The summed E-state index contributed by atoms with van der Waals surface area (Å²) in [6.07, 6.45) is -9.61. The number of rotatable bonds is 6. The fourth-order valence-corrected chi connectivity index (χ4v) is 6.03. The van der Waals surface area contributed by atoms with Crippen LogP contribution >= 0.6 is 0 Å². The summed E-state index contributed by atoms with van der Waals surface area (Å²) < 4.78 is 97.3. The number of amides is 1. The topological polar surface area (TPSA) is 71.6 Å². The van der Waals surface area contributed by atoms with Crippen molar-refractivity contribution in [1.82, 2.24) is 9.47 Å². The Morgan fingerprint density at radius 3 is 2.24 bits per heavy atom. The first-order valence-electron chi connectivity index (χ1n) is 12.0. The summed E-state index contributed by atoms with van der Waals surface area (Å²) in [5.74, 6) is -2.60. The van der Waals surface area contributed by atoms with Crippen LogP contribution in [-0.4, -0.2) is 47.7 Å². The van der Waals surface area contributed by atoms with Crippen molar-refractivity contribution in [3.63, 3.8) is 0 Å². The van der Waals surface area contributed by atoms with E-state index in [1.807, 2.05) is 11.9 Å². The Balaban J connectivity index is 1.66. The van der Waals surface area contributed by atoms with Gasteiger partial charge in [0, 0.05) is 37.0 Å². The number of likely N-dealkylation sites (tertiary alicyclic amines) is 1.